The molecule has 0 bridgehead atoms. The highest BCUT2D eigenvalue weighted by Crippen LogP contribution is 1.97. The lowest BCUT2D eigenvalue weighted by atomic mass is 10.2. The molecular weight excluding hydrogens is 208 g/mol. The fourth-order valence-corrected chi connectivity index (χ4v) is 1.22. The molecule has 0 aromatic carbocycles. The number of carbonyl (C=O) groups is 2. The summed E-state index contributed by atoms with van der Waals surface area (Å²) in [6, 6.07) is 2.93. The van der Waals surface area contributed by atoms with Gasteiger partial charge in [0, 0.05) is 12.4 Å². The summed E-state index contributed by atoms with van der Waals surface area (Å²) in [7, 11) is 1.28. The van der Waals surface area contributed by atoms with Gasteiger partial charge in [0.1, 0.15) is 6.04 Å². The summed E-state index contributed by atoms with van der Waals surface area (Å²) < 4.78 is 4.50. The first-order valence-corrected chi connectivity index (χ1v) is 4.89. The minimum atomic E-state index is -0.630. The van der Waals surface area contributed by atoms with Gasteiger partial charge in [-0.05, 0) is 18.6 Å². The maximum atomic E-state index is 11.5. The molecule has 1 amide bonds. The number of hydrogen-bond donors (Lipinski definition) is 1. The van der Waals surface area contributed by atoms with Crippen LogP contribution in [0.2, 0.25) is 0 Å². The Morgan fingerprint density at radius 3 is 2.88 bits per heavy atom. The summed E-state index contributed by atoms with van der Waals surface area (Å²) >= 11 is 0. The predicted molar refractivity (Wildman–Crippen MR) is 57.6 cm³/mol. The number of esters is 1. The van der Waals surface area contributed by atoms with Gasteiger partial charge in [0.05, 0.1) is 13.5 Å². The van der Waals surface area contributed by atoms with Gasteiger partial charge in [-0.3, -0.25) is 9.78 Å². The van der Waals surface area contributed by atoms with Crippen molar-refractivity contribution >= 4 is 11.9 Å². The van der Waals surface area contributed by atoms with E-state index in [0.717, 1.165) is 5.56 Å². The number of aromatic nitrogens is 1. The van der Waals surface area contributed by atoms with E-state index in [2.05, 4.69) is 15.0 Å². The van der Waals surface area contributed by atoms with Crippen molar-refractivity contribution in [2.45, 2.75) is 19.4 Å². The number of rotatable bonds is 4. The average molecular weight is 222 g/mol. The van der Waals surface area contributed by atoms with Gasteiger partial charge in [0.2, 0.25) is 5.91 Å². The lowest BCUT2D eigenvalue weighted by Gasteiger charge is -2.11. The topological polar surface area (TPSA) is 68.3 Å². The van der Waals surface area contributed by atoms with Gasteiger partial charge >= 0.3 is 5.97 Å². The fraction of sp³-hybridized carbons (Fsp3) is 0.364. The van der Waals surface area contributed by atoms with Crippen molar-refractivity contribution in [1.29, 1.82) is 0 Å². The van der Waals surface area contributed by atoms with Gasteiger partial charge in [-0.25, -0.2) is 4.79 Å². The van der Waals surface area contributed by atoms with E-state index in [9.17, 15) is 9.59 Å². The number of ether oxygens (including phenoxy) is 1. The Morgan fingerprint density at radius 2 is 2.31 bits per heavy atom. The normalized spacial score (nSPS) is 11.6. The van der Waals surface area contributed by atoms with E-state index in [1.54, 1.807) is 31.5 Å². The van der Waals surface area contributed by atoms with Gasteiger partial charge in [-0.2, -0.15) is 0 Å². The van der Waals surface area contributed by atoms with Crippen molar-refractivity contribution in [3.63, 3.8) is 0 Å². The van der Waals surface area contributed by atoms with Crippen molar-refractivity contribution in [3.05, 3.63) is 30.1 Å². The number of nitrogens with zero attached hydrogens (tertiary/aromatic N) is 1. The van der Waals surface area contributed by atoms with Crippen LogP contribution < -0.4 is 5.32 Å². The zero-order valence-corrected chi connectivity index (χ0v) is 9.27. The Kier molecular flexibility index (Phi) is 4.44. The maximum absolute atomic E-state index is 11.5. The van der Waals surface area contributed by atoms with Gasteiger partial charge in [0.15, 0.2) is 0 Å². The van der Waals surface area contributed by atoms with Crippen LogP contribution >= 0.6 is 0 Å². The van der Waals surface area contributed by atoms with E-state index in [1.165, 1.54) is 7.11 Å². The molecule has 1 N–H and O–H groups in total. The first kappa shape index (κ1) is 12.2. The molecule has 1 aromatic rings. The van der Waals surface area contributed by atoms with Crippen LogP contribution in [0.5, 0.6) is 0 Å². The molecule has 0 radical (unpaired) electrons. The number of methoxy groups -OCH3 is 1. The Labute approximate surface area is 93.8 Å². The van der Waals surface area contributed by atoms with Gasteiger partial charge in [-0.15, -0.1) is 0 Å². The van der Waals surface area contributed by atoms with Crippen LogP contribution in [-0.2, 0) is 20.7 Å². The van der Waals surface area contributed by atoms with Crippen molar-refractivity contribution in [3.8, 4) is 0 Å². The molecule has 0 aliphatic heterocycles. The summed E-state index contributed by atoms with van der Waals surface area (Å²) in [6.45, 7) is 1.58. The van der Waals surface area contributed by atoms with E-state index < -0.39 is 12.0 Å². The average Bonchev–Trinajstić information content (AvgIpc) is 2.29. The molecule has 0 aliphatic rings. The monoisotopic (exact) mass is 222 g/mol. The molecule has 0 fully saturated rings. The van der Waals surface area contributed by atoms with Crippen LogP contribution in [-0.4, -0.2) is 30.0 Å². The molecule has 0 saturated carbocycles. The third-order valence-electron chi connectivity index (χ3n) is 2.02. The first-order valence-electron chi connectivity index (χ1n) is 4.89. The lowest BCUT2D eigenvalue weighted by molar-refractivity contribution is -0.144. The SMILES string of the molecule is COC(=O)C(C)NC(=O)Cc1cccnc1. The zero-order valence-electron chi connectivity index (χ0n) is 9.27. The molecule has 1 unspecified atom stereocenters. The second-order valence-corrected chi connectivity index (χ2v) is 3.35. The van der Waals surface area contributed by atoms with Crippen molar-refractivity contribution in [1.82, 2.24) is 10.3 Å². The quantitative estimate of drug-likeness (QED) is 0.744. The molecule has 1 atom stereocenters. The molecule has 0 saturated heterocycles. The standard InChI is InChI=1S/C11H14N2O3/c1-8(11(15)16-2)13-10(14)6-9-4-3-5-12-7-9/h3-5,7-8H,6H2,1-2H3,(H,13,14). The van der Waals surface area contributed by atoms with Crippen LogP contribution in [0.15, 0.2) is 24.5 Å². The van der Waals surface area contributed by atoms with Gasteiger partial charge < -0.3 is 10.1 Å². The van der Waals surface area contributed by atoms with E-state index >= 15 is 0 Å². The maximum Gasteiger partial charge on any atom is 0.328 e. The Morgan fingerprint density at radius 1 is 1.56 bits per heavy atom. The third kappa shape index (κ3) is 3.68. The second kappa shape index (κ2) is 5.85. The minimum absolute atomic E-state index is 0.204. The molecule has 5 nitrogen and oxygen atoms in total. The molecule has 1 aromatic heterocycles. The molecular formula is C11H14N2O3. The zero-order chi connectivity index (χ0) is 12.0. The van der Waals surface area contributed by atoms with Crippen LogP contribution in [0.4, 0.5) is 0 Å². The number of amides is 1. The van der Waals surface area contributed by atoms with Crippen LogP contribution in [0.1, 0.15) is 12.5 Å². The van der Waals surface area contributed by atoms with Crippen molar-refractivity contribution in [2.75, 3.05) is 7.11 Å². The number of pyridine rings is 1. The van der Waals surface area contributed by atoms with Gasteiger partial charge in [-0.1, -0.05) is 6.07 Å². The largest absolute Gasteiger partial charge is 0.467 e. The van der Waals surface area contributed by atoms with Crippen LogP contribution in [0, 0.1) is 0 Å². The number of nitrogens with one attached hydrogen (secondary N) is 1. The van der Waals surface area contributed by atoms with Crippen LogP contribution in [0.3, 0.4) is 0 Å². The Balaban J connectivity index is 2.45. The molecule has 0 aliphatic carbocycles. The van der Waals surface area contributed by atoms with E-state index in [4.69, 9.17) is 0 Å². The summed E-state index contributed by atoms with van der Waals surface area (Å²) in [6.07, 6.45) is 3.45. The third-order valence-corrected chi connectivity index (χ3v) is 2.02. The van der Waals surface area contributed by atoms with E-state index in [-0.39, 0.29) is 12.3 Å². The molecule has 5 heteroatoms. The van der Waals surface area contributed by atoms with Gasteiger partial charge in [0.25, 0.3) is 0 Å². The highest BCUT2D eigenvalue weighted by molar-refractivity contribution is 5.85. The smallest absolute Gasteiger partial charge is 0.328 e. The summed E-state index contributed by atoms with van der Waals surface area (Å²) in [5, 5.41) is 2.54. The molecule has 16 heavy (non-hydrogen) atoms. The number of carbonyl (C=O) groups excluding carboxylic acids is 2. The minimum Gasteiger partial charge on any atom is -0.467 e. The Bertz CT molecular complexity index is 365. The summed E-state index contributed by atoms with van der Waals surface area (Å²) in [5.41, 5.74) is 0.803. The van der Waals surface area contributed by atoms with Crippen molar-refractivity contribution in [2.24, 2.45) is 0 Å². The molecule has 0 spiro atoms. The highest BCUT2D eigenvalue weighted by atomic mass is 16.5. The summed E-state index contributed by atoms with van der Waals surface area (Å²) in [5.74, 6) is -0.689. The van der Waals surface area contributed by atoms with Crippen molar-refractivity contribution < 1.29 is 14.3 Å². The molecule has 1 heterocycles. The number of hydrogen-bond acceptors (Lipinski definition) is 4. The first-order chi connectivity index (χ1) is 7.63. The molecule has 1 rings (SSSR count). The summed E-state index contributed by atoms with van der Waals surface area (Å²) in [4.78, 5) is 26.4. The van der Waals surface area contributed by atoms with E-state index in [1.807, 2.05) is 0 Å². The van der Waals surface area contributed by atoms with Crippen LogP contribution in [0.25, 0.3) is 0 Å². The Hall–Kier alpha value is -1.91. The van der Waals surface area contributed by atoms with E-state index in [0.29, 0.717) is 0 Å². The fourth-order valence-electron chi connectivity index (χ4n) is 1.22. The second-order valence-electron chi connectivity index (χ2n) is 3.35. The predicted octanol–water partition coefficient (Wildman–Crippen LogP) is 0.302. The highest BCUT2D eigenvalue weighted by Gasteiger charge is 2.15. The lowest BCUT2D eigenvalue weighted by Crippen LogP contribution is -2.39. The molecule has 86 valence electrons.